The summed E-state index contributed by atoms with van der Waals surface area (Å²) >= 11 is 1.37. The van der Waals surface area contributed by atoms with Gasteiger partial charge in [0.05, 0.1) is 24.9 Å². The Hall–Kier alpha value is -3.30. The molecule has 0 bridgehead atoms. The molecule has 1 aromatic heterocycles. The summed E-state index contributed by atoms with van der Waals surface area (Å²) in [6.07, 6.45) is 0. The normalized spacial score (nSPS) is 14.2. The number of amides is 2. The van der Waals surface area contributed by atoms with Crippen LogP contribution in [-0.4, -0.2) is 66.4 Å². The summed E-state index contributed by atoms with van der Waals surface area (Å²) < 4.78 is 19.0. The van der Waals surface area contributed by atoms with Crippen molar-refractivity contribution in [2.45, 2.75) is 0 Å². The lowest BCUT2D eigenvalue weighted by Gasteiger charge is -2.34. The molecule has 0 spiro atoms. The van der Waals surface area contributed by atoms with E-state index in [1.54, 1.807) is 24.1 Å². The Balaban J connectivity index is 1.27. The molecule has 1 N–H and O–H groups in total. The molecule has 3 aromatic rings. The molecule has 0 atom stereocenters. The van der Waals surface area contributed by atoms with E-state index in [4.69, 9.17) is 4.74 Å². The van der Waals surface area contributed by atoms with Gasteiger partial charge in [0, 0.05) is 37.1 Å². The Morgan fingerprint density at radius 1 is 1.09 bits per heavy atom. The van der Waals surface area contributed by atoms with Crippen molar-refractivity contribution in [2.75, 3.05) is 45.2 Å². The molecule has 1 aliphatic rings. The number of thiazole rings is 1. The molecular weight excluding hydrogens is 431 g/mol. The standard InChI is InChI=1S/C23H23FN4O3S/c1-31-17-8-6-16(7-9-17)20-15-32-23(25-20)26-21(29)14-27-10-12-28(13-11-27)22(30)18-4-2-3-5-19(18)24/h2-9,15H,10-14H2,1H3,(H,25,26,29). The Bertz CT molecular complexity index is 1090. The predicted molar refractivity (Wildman–Crippen MR) is 121 cm³/mol. The van der Waals surface area contributed by atoms with Gasteiger partial charge in [-0.05, 0) is 36.4 Å². The summed E-state index contributed by atoms with van der Waals surface area (Å²) in [4.78, 5) is 33.1. The number of anilines is 1. The van der Waals surface area contributed by atoms with Gasteiger partial charge in [0.15, 0.2) is 5.13 Å². The fraction of sp³-hybridized carbons (Fsp3) is 0.261. The first-order chi connectivity index (χ1) is 15.5. The SMILES string of the molecule is COc1ccc(-c2csc(NC(=O)CN3CCN(C(=O)c4ccccc4F)CC3)n2)cc1. The van der Waals surface area contributed by atoms with E-state index in [-0.39, 0.29) is 23.9 Å². The lowest BCUT2D eigenvalue weighted by Crippen LogP contribution is -2.50. The van der Waals surface area contributed by atoms with E-state index in [0.29, 0.717) is 31.3 Å². The third kappa shape index (κ3) is 5.12. The fourth-order valence-corrected chi connectivity index (χ4v) is 4.24. The predicted octanol–water partition coefficient (Wildman–Crippen LogP) is 3.35. The van der Waals surface area contributed by atoms with E-state index in [2.05, 4.69) is 10.3 Å². The summed E-state index contributed by atoms with van der Waals surface area (Å²) in [5.74, 6) is -0.222. The number of halogens is 1. The van der Waals surface area contributed by atoms with Crippen molar-refractivity contribution >= 4 is 28.3 Å². The highest BCUT2D eigenvalue weighted by molar-refractivity contribution is 7.14. The Morgan fingerprint density at radius 3 is 2.50 bits per heavy atom. The number of hydrogen-bond acceptors (Lipinski definition) is 6. The molecule has 9 heteroatoms. The third-order valence-electron chi connectivity index (χ3n) is 5.27. The first-order valence-corrected chi connectivity index (χ1v) is 11.1. The highest BCUT2D eigenvalue weighted by atomic mass is 32.1. The Morgan fingerprint density at radius 2 is 1.81 bits per heavy atom. The summed E-state index contributed by atoms with van der Waals surface area (Å²) in [6.45, 7) is 2.18. The van der Waals surface area contributed by atoms with Crippen molar-refractivity contribution in [1.29, 1.82) is 0 Å². The fourth-order valence-electron chi connectivity index (χ4n) is 3.50. The van der Waals surface area contributed by atoms with Crippen molar-refractivity contribution in [3.05, 3.63) is 65.3 Å². The lowest BCUT2D eigenvalue weighted by atomic mass is 10.1. The highest BCUT2D eigenvalue weighted by Gasteiger charge is 2.25. The molecule has 1 fully saturated rings. The molecule has 0 aliphatic carbocycles. The molecule has 0 saturated carbocycles. The molecule has 32 heavy (non-hydrogen) atoms. The van der Waals surface area contributed by atoms with E-state index in [1.807, 2.05) is 34.5 Å². The van der Waals surface area contributed by atoms with Gasteiger partial charge in [0.1, 0.15) is 11.6 Å². The molecule has 0 unspecified atom stereocenters. The van der Waals surface area contributed by atoms with Gasteiger partial charge in [-0.15, -0.1) is 11.3 Å². The van der Waals surface area contributed by atoms with Crippen molar-refractivity contribution in [3.8, 4) is 17.0 Å². The molecule has 2 amide bonds. The molecule has 0 radical (unpaired) electrons. The zero-order valence-corrected chi connectivity index (χ0v) is 18.4. The smallest absolute Gasteiger partial charge is 0.256 e. The topological polar surface area (TPSA) is 74.8 Å². The second-order valence-corrected chi connectivity index (χ2v) is 8.22. The quantitative estimate of drug-likeness (QED) is 0.618. The van der Waals surface area contributed by atoms with Crippen molar-refractivity contribution in [1.82, 2.24) is 14.8 Å². The number of piperazine rings is 1. The molecule has 1 aliphatic heterocycles. The van der Waals surface area contributed by atoms with Gasteiger partial charge in [-0.25, -0.2) is 9.37 Å². The van der Waals surface area contributed by atoms with Crippen LogP contribution in [0.4, 0.5) is 9.52 Å². The number of aromatic nitrogens is 1. The van der Waals surface area contributed by atoms with Gasteiger partial charge < -0.3 is 15.0 Å². The minimum absolute atomic E-state index is 0.0788. The maximum Gasteiger partial charge on any atom is 0.256 e. The van der Waals surface area contributed by atoms with Crippen molar-refractivity contribution < 1.29 is 18.7 Å². The van der Waals surface area contributed by atoms with Gasteiger partial charge in [-0.3, -0.25) is 14.5 Å². The second kappa shape index (κ2) is 9.88. The Kier molecular flexibility index (Phi) is 6.77. The van der Waals surface area contributed by atoms with Gasteiger partial charge >= 0.3 is 0 Å². The van der Waals surface area contributed by atoms with Crippen LogP contribution >= 0.6 is 11.3 Å². The van der Waals surface area contributed by atoms with E-state index >= 15 is 0 Å². The average Bonchev–Trinajstić information content (AvgIpc) is 3.28. The molecule has 2 aromatic carbocycles. The highest BCUT2D eigenvalue weighted by Crippen LogP contribution is 2.26. The van der Waals surface area contributed by atoms with Gasteiger partial charge in [0.2, 0.25) is 5.91 Å². The number of nitrogens with one attached hydrogen (secondary N) is 1. The van der Waals surface area contributed by atoms with Crippen LogP contribution in [0.5, 0.6) is 5.75 Å². The lowest BCUT2D eigenvalue weighted by molar-refractivity contribution is -0.117. The zero-order chi connectivity index (χ0) is 22.5. The van der Waals surface area contributed by atoms with Crippen LogP contribution < -0.4 is 10.1 Å². The van der Waals surface area contributed by atoms with E-state index in [0.717, 1.165) is 17.0 Å². The largest absolute Gasteiger partial charge is 0.497 e. The molecular formula is C23H23FN4O3S. The van der Waals surface area contributed by atoms with Crippen LogP contribution in [0.3, 0.4) is 0 Å². The van der Waals surface area contributed by atoms with Gasteiger partial charge in [0.25, 0.3) is 5.91 Å². The van der Waals surface area contributed by atoms with E-state index in [9.17, 15) is 14.0 Å². The van der Waals surface area contributed by atoms with Crippen LogP contribution in [0.15, 0.2) is 53.9 Å². The van der Waals surface area contributed by atoms with Crippen molar-refractivity contribution in [2.24, 2.45) is 0 Å². The maximum atomic E-state index is 13.9. The van der Waals surface area contributed by atoms with Crippen LogP contribution in [0.2, 0.25) is 0 Å². The van der Waals surface area contributed by atoms with E-state index < -0.39 is 5.82 Å². The van der Waals surface area contributed by atoms with Gasteiger partial charge in [-0.1, -0.05) is 12.1 Å². The van der Waals surface area contributed by atoms with Crippen LogP contribution in [0, 0.1) is 5.82 Å². The minimum Gasteiger partial charge on any atom is -0.497 e. The van der Waals surface area contributed by atoms with E-state index in [1.165, 1.54) is 23.5 Å². The number of benzene rings is 2. The number of rotatable bonds is 6. The monoisotopic (exact) mass is 454 g/mol. The first kappa shape index (κ1) is 21.9. The Labute approximate surface area is 189 Å². The van der Waals surface area contributed by atoms with Gasteiger partial charge in [-0.2, -0.15) is 0 Å². The average molecular weight is 455 g/mol. The maximum absolute atomic E-state index is 13.9. The summed E-state index contributed by atoms with van der Waals surface area (Å²) in [5, 5.41) is 5.27. The number of methoxy groups -OCH3 is 1. The number of carbonyl (C=O) groups excluding carboxylic acids is 2. The second-order valence-electron chi connectivity index (χ2n) is 7.36. The number of nitrogens with zero attached hydrogens (tertiary/aromatic N) is 3. The van der Waals surface area contributed by atoms with Crippen LogP contribution in [0.25, 0.3) is 11.3 Å². The first-order valence-electron chi connectivity index (χ1n) is 10.2. The molecule has 1 saturated heterocycles. The number of hydrogen-bond donors (Lipinski definition) is 1. The van der Waals surface area contributed by atoms with Crippen LogP contribution in [-0.2, 0) is 4.79 Å². The number of carbonyl (C=O) groups is 2. The molecule has 4 rings (SSSR count). The minimum atomic E-state index is -0.517. The molecule has 166 valence electrons. The summed E-state index contributed by atoms with van der Waals surface area (Å²) in [5.41, 5.74) is 1.81. The van der Waals surface area contributed by atoms with Crippen molar-refractivity contribution in [3.63, 3.8) is 0 Å². The third-order valence-corrected chi connectivity index (χ3v) is 6.03. The molecule has 7 nitrogen and oxygen atoms in total. The summed E-state index contributed by atoms with van der Waals surface area (Å²) in [6, 6.07) is 13.6. The zero-order valence-electron chi connectivity index (χ0n) is 17.6. The molecule has 2 heterocycles. The van der Waals surface area contributed by atoms with Crippen LogP contribution in [0.1, 0.15) is 10.4 Å². The summed E-state index contributed by atoms with van der Waals surface area (Å²) in [7, 11) is 1.62. The number of ether oxygens (including phenoxy) is 1.